The Balaban J connectivity index is 3.26. The van der Waals surface area contributed by atoms with Crippen molar-refractivity contribution in [3.8, 4) is 0 Å². The maximum atomic E-state index is 6.76. The van der Waals surface area contributed by atoms with Crippen LogP contribution in [-0.4, -0.2) is 4.99 Å². The maximum Gasteiger partial charge on any atom is 0.0965 e. The van der Waals surface area contributed by atoms with Crippen LogP contribution in [0, 0.1) is 5.92 Å². The third kappa shape index (κ3) is 2.15. The fourth-order valence-electron chi connectivity index (χ4n) is 0. The number of rotatable bonds is 1. The second-order valence-electron chi connectivity index (χ2n) is 1.52. The zero-order chi connectivity index (χ0) is 5.15. The molecule has 0 aromatic heterocycles. The fourth-order valence-corrected chi connectivity index (χ4v) is 0. The summed E-state index contributed by atoms with van der Waals surface area (Å²) in [5.74, 6) is 0.250. The van der Waals surface area contributed by atoms with Crippen LogP contribution in [0.25, 0.3) is 0 Å². The summed E-state index contributed by atoms with van der Waals surface area (Å²) in [5.41, 5.74) is 6.76. The van der Waals surface area contributed by atoms with E-state index in [1.54, 1.807) is 0 Å². The van der Waals surface area contributed by atoms with Crippen LogP contribution in [-0.2, 0) is 0 Å². The van der Waals surface area contributed by atoms with Gasteiger partial charge in [-0.25, -0.2) is 0 Å². The Morgan fingerprint density at radius 1 is 1.67 bits per heavy atom. The first kappa shape index (κ1) is 5.89. The molecule has 0 heterocycles. The predicted octanol–water partition coefficient (Wildman–Crippen LogP) is 1.25. The first-order chi connectivity index (χ1) is 2.64. The largest absolute Gasteiger partial charge is 0.293 e. The van der Waals surface area contributed by atoms with Crippen LogP contribution in [0.4, 0.5) is 0 Å². The first-order valence-corrected chi connectivity index (χ1v) is 2.31. The molecule has 0 saturated heterocycles. The summed E-state index contributed by atoms with van der Waals surface area (Å²) in [4.78, 5) is 0.343. The lowest BCUT2D eigenvalue weighted by Gasteiger charge is -1.93. The van der Waals surface area contributed by atoms with Crippen molar-refractivity contribution < 1.29 is 0 Å². The monoisotopic (exact) mass is 102 g/mol. The van der Waals surface area contributed by atoms with Gasteiger partial charge in [0.15, 0.2) is 0 Å². The Hall–Kier alpha value is -0.110. The molecule has 0 amide bonds. The lowest BCUT2D eigenvalue weighted by molar-refractivity contribution is 0.888. The van der Waals surface area contributed by atoms with Gasteiger partial charge < -0.3 is 0 Å². The molecular formula is C4H8NS. The molecule has 0 fully saturated rings. The van der Waals surface area contributed by atoms with E-state index in [-0.39, 0.29) is 5.92 Å². The molecule has 0 bridgehead atoms. The highest BCUT2D eigenvalue weighted by molar-refractivity contribution is 7.80. The standard InChI is InChI=1S/C4H8NS/c1-3(2)4(5)6/h3,5H,1-2H3. The molecule has 6 heavy (non-hydrogen) atoms. The third-order valence-electron chi connectivity index (χ3n) is 0.524. The van der Waals surface area contributed by atoms with Crippen molar-refractivity contribution in [2.24, 2.45) is 5.92 Å². The van der Waals surface area contributed by atoms with Crippen molar-refractivity contribution >= 4 is 17.2 Å². The van der Waals surface area contributed by atoms with Crippen molar-refractivity contribution in [3.63, 3.8) is 0 Å². The van der Waals surface area contributed by atoms with Gasteiger partial charge in [-0.3, -0.25) is 5.73 Å². The van der Waals surface area contributed by atoms with Crippen LogP contribution in [0.5, 0.6) is 0 Å². The van der Waals surface area contributed by atoms with Crippen molar-refractivity contribution in [3.05, 3.63) is 0 Å². The van der Waals surface area contributed by atoms with Gasteiger partial charge in [-0.2, -0.15) is 0 Å². The van der Waals surface area contributed by atoms with Crippen LogP contribution in [0.3, 0.4) is 0 Å². The molecule has 0 aliphatic heterocycles. The Bertz CT molecular complexity index is 58.6. The minimum Gasteiger partial charge on any atom is -0.293 e. The summed E-state index contributed by atoms with van der Waals surface area (Å²) in [6.07, 6.45) is 0. The Kier molecular flexibility index (Phi) is 2.09. The summed E-state index contributed by atoms with van der Waals surface area (Å²) in [6.45, 7) is 3.82. The SMILES string of the molecule is CC(C)C([NH])=S. The molecule has 0 spiro atoms. The van der Waals surface area contributed by atoms with Crippen molar-refractivity contribution in [1.29, 1.82) is 0 Å². The highest BCUT2D eigenvalue weighted by Crippen LogP contribution is 1.89. The average molecular weight is 102 g/mol. The minimum atomic E-state index is 0.250. The summed E-state index contributed by atoms with van der Waals surface area (Å²) >= 11 is 4.49. The van der Waals surface area contributed by atoms with Gasteiger partial charge in [0.1, 0.15) is 0 Å². The number of nitrogens with one attached hydrogen (secondary N) is 1. The van der Waals surface area contributed by atoms with Crippen molar-refractivity contribution in [2.75, 3.05) is 0 Å². The molecule has 0 rings (SSSR count). The van der Waals surface area contributed by atoms with E-state index < -0.39 is 0 Å². The summed E-state index contributed by atoms with van der Waals surface area (Å²) in [7, 11) is 0. The van der Waals surface area contributed by atoms with Crippen molar-refractivity contribution in [1.82, 2.24) is 5.73 Å². The zero-order valence-electron chi connectivity index (χ0n) is 3.99. The van der Waals surface area contributed by atoms with E-state index in [0.29, 0.717) is 4.99 Å². The molecule has 0 aromatic rings. The zero-order valence-corrected chi connectivity index (χ0v) is 4.80. The third-order valence-corrected chi connectivity index (χ3v) is 0.996. The van der Waals surface area contributed by atoms with Gasteiger partial charge in [0.25, 0.3) is 0 Å². The molecule has 0 unspecified atom stereocenters. The Morgan fingerprint density at radius 3 is 1.83 bits per heavy atom. The van der Waals surface area contributed by atoms with Crippen LogP contribution >= 0.6 is 12.2 Å². The van der Waals surface area contributed by atoms with E-state index in [1.807, 2.05) is 13.8 Å². The second-order valence-corrected chi connectivity index (χ2v) is 1.96. The number of hydrogen-bond donors (Lipinski definition) is 0. The highest BCUT2D eigenvalue weighted by Gasteiger charge is 1.92. The van der Waals surface area contributed by atoms with Crippen LogP contribution in [0.2, 0.25) is 0 Å². The Labute approximate surface area is 43.5 Å². The molecular weight excluding hydrogens is 94.1 g/mol. The molecule has 2 heteroatoms. The lowest BCUT2D eigenvalue weighted by Crippen LogP contribution is -2.02. The van der Waals surface area contributed by atoms with E-state index in [1.165, 1.54) is 0 Å². The maximum absolute atomic E-state index is 6.76. The van der Waals surface area contributed by atoms with Gasteiger partial charge in [0.2, 0.25) is 0 Å². The predicted molar refractivity (Wildman–Crippen MR) is 30.5 cm³/mol. The van der Waals surface area contributed by atoms with Gasteiger partial charge in [-0.1, -0.05) is 26.1 Å². The molecule has 1 nitrogen and oxygen atoms in total. The van der Waals surface area contributed by atoms with Gasteiger partial charge in [-0.15, -0.1) is 0 Å². The molecule has 0 aliphatic carbocycles. The van der Waals surface area contributed by atoms with Gasteiger partial charge >= 0.3 is 0 Å². The quantitative estimate of drug-likeness (QED) is 0.457. The molecule has 35 valence electrons. The molecule has 1 radical (unpaired) electrons. The normalized spacial score (nSPS) is 9.17. The van der Waals surface area contributed by atoms with E-state index in [0.717, 1.165) is 0 Å². The molecule has 0 saturated carbocycles. The van der Waals surface area contributed by atoms with Crippen LogP contribution < -0.4 is 5.73 Å². The highest BCUT2D eigenvalue weighted by atomic mass is 32.1. The fraction of sp³-hybridized carbons (Fsp3) is 0.750. The van der Waals surface area contributed by atoms with Crippen LogP contribution in [0.15, 0.2) is 0 Å². The summed E-state index contributed by atoms with van der Waals surface area (Å²) < 4.78 is 0. The van der Waals surface area contributed by atoms with Crippen LogP contribution in [0.1, 0.15) is 13.8 Å². The smallest absolute Gasteiger partial charge is 0.0965 e. The summed E-state index contributed by atoms with van der Waals surface area (Å²) in [6, 6.07) is 0. The second kappa shape index (κ2) is 2.13. The number of thiocarbonyl (C=S) groups is 1. The molecule has 0 aliphatic rings. The van der Waals surface area contributed by atoms with E-state index in [9.17, 15) is 0 Å². The number of hydrogen-bond acceptors (Lipinski definition) is 1. The molecule has 0 atom stereocenters. The van der Waals surface area contributed by atoms with Gasteiger partial charge in [-0.05, 0) is 0 Å². The lowest BCUT2D eigenvalue weighted by atomic mass is 10.2. The molecule has 0 aromatic carbocycles. The minimum absolute atomic E-state index is 0.250. The van der Waals surface area contributed by atoms with E-state index >= 15 is 0 Å². The average Bonchev–Trinajstić information content (AvgIpc) is 1.36. The topological polar surface area (TPSA) is 23.8 Å². The van der Waals surface area contributed by atoms with Gasteiger partial charge in [0, 0.05) is 5.92 Å². The first-order valence-electron chi connectivity index (χ1n) is 1.90. The summed E-state index contributed by atoms with van der Waals surface area (Å²) in [5, 5.41) is 0. The van der Waals surface area contributed by atoms with E-state index in [2.05, 4.69) is 12.2 Å². The Morgan fingerprint density at radius 2 is 1.83 bits per heavy atom. The van der Waals surface area contributed by atoms with Crippen molar-refractivity contribution in [2.45, 2.75) is 13.8 Å². The van der Waals surface area contributed by atoms with Gasteiger partial charge in [0.05, 0.1) is 4.99 Å². The molecule has 1 N–H and O–H groups in total. The van der Waals surface area contributed by atoms with E-state index in [4.69, 9.17) is 5.73 Å².